The van der Waals surface area contributed by atoms with Crippen LogP contribution in [0.4, 0.5) is 18.0 Å². The molecule has 1 rings (SSSR count). The van der Waals surface area contributed by atoms with Crippen molar-refractivity contribution in [2.75, 3.05) is 0 Å². The van der Waals surface area contributed by atoms with Crippen molar-refractivity contribution < 1.29 is 18.0 Å². The second kappa shape index (κ2) is 4.29. The predicted octanol–water partition coefficient (Wildman–Crippen LogP) is 2.20. The summed E-state index contributed by atoms with van der Waals surface area (Å²) in [4.78, 5) is 13.1. The first-order valence-corrected chi connectivity index (χ1v) is 5.80. The zero-order valence-corrected chi connectivity index (χ0v) is 11.1. The SMILES string of the molecule is CC1(C)CC(N)CC(C)(C)N1C(=O)NC(F)(F)F. The van der Waals surface area contributed by atoms with Gasteiger partial charge in [0.05, 0.1) is 0 Å². The highest BCUT2D eigenvalue weighted by atomic mass is 19.4. The number of halogens is 3. The Kier molecular flexibility index (Phi) is 3.60. The zero-order valence-electron chi connectivity index (χ0n) is 11.1. The van der Waals surface area contributed by atoms with Crippen LogP contribution in [0.15, 0.2) is 0 Å². The first-order chi connectivity index (χ1) is 7.85. The van der Waals surface area contributed by atoms with Crippen molar-refractivity contribution >= 4 is 6.03 Å². The summed E-state index contributed by atoms with van der Waals surface area (Å²) in [5.74, 6) is 0. The predicted molar refractivity (Wildman–Crippen MR) is 61.8 cm³/mol. The molecule has 106 valence electrons. The van der Waals surface area contributed by atoms with E-state index in [4.69, 9.17) is 5.73 Å². The molecule has 0 atom stereocenters. The Hall–Kier alpha value is -0.980. The Morgan fingerprint density at radius 2 is 1.61 bits per heavy atom. The molecule has 1 saturated heterocycles. The van der Waals surface area contributed by atoms with Crippen LogP contribution in [0.25, 0.3) is 0 Å². The average Bonchev–Trinajstić information content (AvgIpc) is 1.90. The highest BCUT2D eigenvalue weighted by Gasteiger charge is 2.48. The lowest BCUT2D eigenvalue weighted by molar-refractivity contribution is -0.151. The van der Waals surface area contributed by atoms with Crippen LogP contribution < -0.4 is 11.1 Å². The minimum atomic E-state index is -4.72. The third-order valence-corrected chi connectivity index (χ3v) is 3.19. The van der Waals surface area contributed by atoms with E-state index < -0.39 is 23.4 Å². The van der Waals surface area contributed by atoms with Gasteiger partial charge in [0.25, 0.3) is 0 Å². The van der Waals surface area contributed by atoms with Crippen LogP contribution in [0.5, 0.6) is 0 Å². The maximum atomic E-state index is 12.3. The van der Waals surface area contributed by atoms with Crippen LogP contribution in [0.3, 0.4) is 0 Å². The molecular formula is C11H20F3N3O. The molecule has 0 aromatic heterocycles. The molecule has 0 aliphatic carbocycles. The molecule has 1 heterocycles. The highest BCUT2D eigenvalue weighted by Crippen LogP contribution is 2.38. The molecule has 1 aliphatic heterocycles. The summed E-state index contributed by atoms with van der Waals surface area (Å²) in [5.41, 5.74) is 4.47. The number of nitrogens with two attached hydrogens (primary N) is 1. The first kappa shape index (κ1) is 15.1. The normalized spacial score (nSPS) is 23.9. The lowest BCUT2D eigenvalue weighted by atomic mass is 9.77. The van der Waals surface area contributed by atoms with Crippen molar-refractivity contribution in [3.63, 3.8) is 0 Å². The Morgan fingerprint density at radius 1 is 1.22 bits per heavy atom. The summed E-state index contributed by atoms with van der Waals surface area (Å²) in [7, 11) is 0. The summed E-state index contributed by atoms with van der Waals surface area (Å²) in [6.45, 7) is 6.90. The average molecular weight is 267 g/mol. The van der Waals surface area contributed by atoms with E-state index in [2.05, 4.69) is 0 Å². The summed E-state index contributed by atoms with van der Waals surface area (Å²) in [6, 6.07) is -1.24. The van der Waals surface area contributed by atoms with E-state index in [1.54, 1.807) is 27.7 Å². The Balaban J connectivity index is 2.99. The molecule has 0 spiro atoms. The van der Waals surface area contributed by atoms with Gasteiger partial charge in [-0.05, 0) is 40.5 Å². The Labute approximate surface area is 105 Å². The smallest absolute Gasteiger partial charge is 0.328 e. The molecule has 0 aromatic carbocycles. The number of carbonyl (C=O) groups excluding carboxylic acids is 1. The fraction of sp³-hybridized carbons (Fsp3) is 0.909. The quantitative estimate of drug-likeness (QED) is 0.661. The lowest BCUT2D eigenvalue weighted by Crippen LogP contribution is -2.67. The van der Waals surface area contributed by atoms with Gasteiger partial charge in [-0.2, -0.15) is 13.2 Å². The van der Waals surface area contributed by atoms with Crippen LogP contribution in [-0.2, 0) is 0 Å². The number of amides is 2. The number of carbonyl (C=O) groups is 1. The number of hydrogen-bond acceptors (Lipinski definition) is 2. The molecule has 1 fully saturated rings. The minimum absolute atomic E-state index is 0.120. The second-order valence-corrected chi connectivity index (χ2v) is 6.06. The molecule has 0 saturated carbocycles. The van der Waals surface area contributed by atoms with Crippen LogP contribution in [-0.4, -0.2) is 34.4 Å². The summed E-state index contributed by atoms with van der Waals surface area (Å²) >= 11 is 0. The fourth-order valence-corrected chi connectivity index (χ4v) is 3.08. The number of alkyl halides is 3. The highest BCUT2D eigenvalue weighted by molar-refractivity contribution is 5.76. The van der Waals surface area contributed by atoms with E-state index >= 15 is 0 Å². The van der Waals surface area contributed by atoms with E-state index in [9.17, 15) is 18.0 Å². The Morgan fingerprint density at radius 3 is 1.94 bits per heavy atom. The van der Waals surface area contributed by atoms with Gasteiger partial charge in [-0.3, -0.25) is 0 Å². The maximum absolute atomic E-state index is 12.3. The third-order valence-electron chi connectivity index (χ3n) is 3.19. The third kappa shape index (κ3) is 3.28. The zero-order chi connectivity index (χ0) is 14.4. The Bertz CT molecular complexity index is 321. The van der Waals surface area contributed by atoms with E-state index in [0.29, 0.717) is 12.8 Å². The van der Waals surface area contributed by atoms with Gasteiger partial charge in [0.1, 0.15) is 0 Å². The standard InChI is InChI=1S/C11H20F3N3O/c1-9(2)5-7(15)6-10(3,4)17(9)8(18)16-11(12,13)14/h7H,5-6,15H2,1-4H3,(H,16,18). The number of urea groups is 1. The molecule has 18 heavy (non-hydrogen) atoms. The van der Waals surface area contributed by atoms with Gasteiger partial charge < -0.3 is 10.6 Å². The molecule has 1 aliphatic rings. The van der Waals surface area contributed by atoms with Crippen molar-refractivity contribution in [1.82, 2.24) is 10.2 Å². The van der Waals surface area contributed by atoms with Gasteiger partial charge in [0.15, 0.2) is 0 Å². The second-order valence-electron chi connectivity index (χ2n) is 6.06. The van der Waals surface area contributed by atoms with Crippen LogP contribution in [0, 0.1) is 0 Å². The van der Waals surface area contributed by atoms with Crippen LogP contribution in [0.1, 0.15) is 40.5 Å². The number of nitrogens with zero attached hydrogens (tertiary/aromatic N) is 1. The first-order valence-electron chi connectivity index (χ1n) is 5.80. The molecule has 2 amide bonds. The van der Waals surface area contributed by atoms with Crippen molar-refractivity contribution in [1.29, 1.82) is 0 Å². The number of hydrogen-bond donors (Lipinski definition) is 2. The van der Waals surface area contributed by atoms with Gasteiger partial charge in [-0.15, -0.1) is 0 Å². The van der Waals surface area contributed by atoms with E-state index in [0.717, 1.165) is 5.32 Å². The maximum Gasteiger partial charge on any atom is 0.485 e. The van der Waals surface area contributed by atoms with Crippen molar-refractivity contribution in [3.05, 3.63) is 0 Å². The van der Waals surface area contributed by atoms with Crippen LogP contribution >= 0.6 is 0 Å². The van der Waals surface area contributed by atoms with Gasteiger partial charge >= 0.3 is 12.3 Å². The number of piperidine rings is 1. The number of nitrogens with one attached hydrogen (secondary N) is 1. The molecule has 0 bridgehead atoms. The molecular weight excluding hydrogens is 247 g/mol. The van der Waals surface area contributed by atoms with Crippen LogP contribution in [0.2, 0.25) is 0 Å². The van der Waals surface area contributed by atoms with Gasteiger partial charge in [0, 0.05) is 17.1 Å². The van der Waals surface area contributed by atoms with Crippen molar-refractivity contribution in [2.45, 2.75) is 64.0 Å². The van der Waals surface area contributed by atoms with Crippen molar-refractivity contribution in [2.24, 2.45) is 5.73 Å². The summed E-state index contributed by atoms with van der Waals surface area (Å²) < 4.78 is 36.8. The van der Waals surface area contributed by atoms with E-state index in [1.165, 1.54) is 4.90 Å². The van der Waals surface area contributed by atoms with Gasteiger partial charge in [0.2, 0.25) is 0 Å². The van der Waals surface area contributed by atoms with E-state index in [-0.39, 0.29) is 6.04 Å². The van der Waals surface area contributed by atoms with Gasteiger partial charge in [-0.25, -0.2) is 10.1 Å². The lowest BCUT2D eigenvalue weighted by Gasteiger charge is -2.54. The molecule has 0 unspecified atom stereocenters. The molecule has 4 nitrogen and oxygen atoms in total. The monoisotopic (exact) mass is 267 g/mol. The minimum Gasteiger partial charge on any atom is -0.328 e. The van der Waals surface area contributed by atoms with Gasteiger partial charge in [-0.1, -0.05) is 0 Å². The fourth-order valence-electron chi connectivity index (χ4n) is 3.08. The number of rotatable bonds is 0. The number of likely N-dealkylation sites (tertiary alicyclic amines) is 1. The van der Waals surface area contributed by atoms with Crippen molar-refractivity contribution in [3.8, 4) is 0 Å². The molecule has 0 aromatic rings. The molecule has 7 heteroatoms. The summed E-state index contributed by atoms with van der Waals surface area (Å²) in [6.07, 6.45) is -3.77. The topological polar surface area (TPSA) is 58.4 Å². The largest absolute Gasteiger partial charge is 0.485 e. The summed E-state index contributed by atoms with van der Waals surface area (Å²) in [5, 5.41) is 1.06. The molecule has 0 radical (unpaired) electrons. The van der Waals surface area contributed by atoms with E-state index in [1.807, 2.05) is 0 Å². The molecule has 3 N–H and O–H groups in total.